The molecule has 0 heterocycles. The van der Waals surface area contributed by atoms with Crippen LogP contribution in [0.15, 0.2) is 0 Å². The van der Waals surface area contributed by atoms with E-state index in [2.05, 4.69) is 53.4 Å². The van der Waals surface area contributed by atoms with Crippen LogP contribution in [0.2, 0.25) is 0 Å². The van der Waals surface area contributed by atoms with Crippen LogP contribution in [0.4, 0.5) is 0 Å². The van der Waals surface area contributed by atoms with Gasteiger partial charge in [-0.15, -0.1) is 0 Å². The van der Waals surface area contributed by atoms with E-state index in [4.69, 9.17) is 4.74 Å². The summed E-state index contributed by atoms with van der Waals surface area (Å²) in [7, 11) is 0. The van der Waals surface area contributed by atoms with Crippen molar-refractivity contribution < 1.29 is 9.53 Å². The number of carbonyl (C=O) groups is 1. The largest absolute Gasteiger partial charge is 0.461 e. The summed E-state index contributed by atoms with van der Waals surface area (Å²) < 4.78 is 5.95. The van der Waals surface area contributed by atoms with Gasteiger partial charge in [0.15, 0.2) is 0 Å². The Morgan fingerprint density at radius 1 is 1.04 bits per heavy atom. The summed E-state index contributed by atoms with van der Waals surface area (Å²) in [4.78, 5) is 14.8. The van der Waals surface area contributed by atoms with Crippen molar-refractivity contribution in [2.75, 3.05) is 19.6 Å². The number of hydrogen-bond acceptors (Lipinski definition) is 3. The molecule has 0 bridgehead atoms. The molecule has 136 valence electrons. The summed E-state index contributed by atoms with van der Waals surface area (Å²) in [6, 6.07) is 0. The van der Waals surface area contributed by atoms with Gasteiger partial charge >= 0.3 is 5.97 Å². The van der Waals surface area contributed by atoms with Crippen LogP contribution >= 0.6 is 0 Å². The monoisotopic (exact) mass is 325 g/mol. The second-order valence-electron chi connectivity index (χ2n) is 8.84. The molecule has 0 aliphatic heterocycles. The number of esters is 1. The molecule has 1 saturated carbocycles. The fourth-order valence-electron chi connectivity index (χ4n) is 3.88. The molecule has 0 aromatic rings. The summed E-state index contributed by atoms with van der Waals surface area (Å²) in [6.45, 7) is 18.0. The van der Waals surface area contributed by atoms with Crippen molar-refractivity contribution in [3.8, 4) is 0 Å². The summed E-state index contributed by atoms with van der Waals surface area (Å²) >= 11 is 0. The van der Waals surface area contributed by atoms with E-state index in [0.29, 0.717) is 36.1 Å². The molecule has 3 atom stereocenters. The summed E-state index contributed by atoms with van der Waals surface area (Å²) in [6.07, 6.45) is 3.61. The standard InChI is InChI=1S/C20H39NO2/c1-14(2)11-21(12-15(3)4)13-20(22)23-19-10-17(7)8-9-18(19)16(5)6/h14-19H,8-13H2,1-7H3/t17-,18+,19-/m1/s1. The number of nitrogens with zero attached hydrogens (tertiary/aromatic N) is 1. The topological polar surface area (TPSA) is 29.5 Å². The number of hydrogen-bond donors (Lipinski definition) is 0. The molecule has 0 aromatic carbocycles. The predicted octanol–water partition coefficient (Wildman–Crippen LogP) is 4.60. The second-order valence-corrected chi connectivity index (χ2v) is 8.84. The average molecular weight is 326 g/mol. The molecule has 0 amide bonds. The Morgan fingerprint density at radius 3 is 2.09 bits per heavy atom. The van der Waals surface area contributed by atoms with Crippen LogP contribution in [-0.4, -0.2) is 36.6 Å². The number of rotatable bonds is 8. The smallest absolute Gasteiger partial charge is 0.320 e. The molecule has 0 radical (unpaired) electrons. The van der Waals surface area contributed by atoms with E-state index in [1.54, 1.807) is 0 Å². The van der Waals surface area contributed by atoms with Gasteiger partial charge < -0.3 is 4.74 Å². The van der Waals surface area contributed by atoms with Gasteiger partial charge in [0, 0.05) is 13.1 Å². The zero-order chi connectivity index (χ0) is 17.6. The molecule has 0 unspecified atom stereocenters. The van der Waals surface area contributed by atoms with Gasteiger partial charge in [0.2, 0.25) is 0 Å². The fourth-order valence-corrected chi connectivity index (χ4v) is 3.88. The van der Waals surface area contributed by atoms with E-state index >= 15 is 0 Å². The average Bonchev–Trinajstić information content (AvgIpc) is 2.36. The molecule has 1 rings (SSSR count). The third kappa shape index (κ3) is 7.69. The third-order valence-corrected chi connectivity index (χ3v) is 4.84. The normalized spacial score (nSPS) is 25.6. The van der Waals surface area contributed by atoms with Gasteiger partial charge in [-0.05, 0) is 42.4 Å². The Kier molecular flexibility index (Phi) is 8.60. The molecule has 1 aliphatic rings. The van der Waals surface area contributed by atoms with E-state index in [0.717, 1.165) is 19.5 Å². The highest BCUT2D eigenvalue weighted by Gasteiger charge is 2.33. The maximum absolute atomic E-state index is 12.5. The highest BCUT2D eigenvalue weighted by Crippen LogP contribution is 2.35. The molecule has 1 fully saturated rings. The lowest BCUT2D eigenvalue weighted by molar-refractivity contribution is -0.157. The summed E-state index contributed by atoms with van der Waals surface area (Å²) in [5.74, 6) is 2.89. The second kappa shape index (κ2) is 9.66. The fraction of sp³-hybridized carbons (Fsp3) is 0.950. The van der Waals surface area contributed by atoms with Gasteiger partial charge in [-0.3, -0.25) is 9.69 Å². The molecule has 0 spiro atoms. The van der Waals surface area contributed by atoms with Crippen molar-refractivity contribution in [2.24, 2.45) is 29.6 Å². The van der Waals surface area contributed by atoms with Crippen LogP contribution in [0.5, 0.6) is 0 Å². The van der Waals surface area contributed by atoms with E-state index in [1.165, 1.54) is 12.8 Å². The van der Waals surface area contributed by atoms with E-state index in [9.17, 15) is 4.79 Å². The minimum absolute atomic E-state index is 0.0314. The molecule has 3 nitrogen and oxygen atoms in total. The van der Waals surface area contributed by atoms with Gasteiger partial charge in [-0.1, -0.05) is 54.9 Å². The molecule has 1 aliphatic carbocycles. The molecule has 23 heavy (non-hydrogen) atoms. The van der Waals surface area contributed by atoms with Crippen molar-refractivity contribution in [3.05, 3.63) is 0 Å². The molecule has 3 heteroatoms. The number of carbonyl (C=O) groups excluding carboxylic acids is 1. The zero-order valence-electron chi connectivity index (χ0n) is 16.5. The maximum Gasteiger partial charge on any atom is 0.320 e. The molecule has 0 saturated heterocycles. The lowest BCUT2D eigenvalue weighted by Gasteiger charge is -2.37. The first-order chi connectivity index (χ1) is 10.7. The lowest BCUT2D eigenvalue weighted by atomic mass is 9.75. The highest BCUT2D eigenvalue weighted by molar-refractivity contribution is 5.71. The summed E-state index contributed by atoms with van der Waals surface area (Å²) in [5.41, 5.74) is 0. The quantitative estimate of drug-likeness (QED) is 0.611. The molecule has 0 aromatic heterocycles. The van der Waals surface area contributed by atoms with Crippen molar-refractivity contribution in [3.63, 3.8) is 0 Å². The van der Waals surface area contributed by atoms with Gasteiger partial charge in [-0.25, -0.2) is 0 Å². The Balaban J connectivity index is 2.60. The Bertz CT molecular complexity index is 342. The van der Waals surface area contributed by atoms with Crippen LogP contribution in [-0.2, 0) is 9.53 Å². The minimum atomic E-state index is -0.0314. The van der Waals surface area contributed by atoms with E-state index < -0.39 is 0 Å². The van der Waals surface area contributed by atoms with Crippen molar-refractivity contribution in [1.82, 2.24) is 4.90 Å². The van der Waals surface area contributed by atoms with Gasteiger partial charge in [-0.2, -0.15) is 0 Å². The van der Waals surface area contributed by atoms with E-state index in [1.807, 2.05) is 0 Å². The van der Waals surface area contributed by atoms with Crippen molar-refractivity contribution in [1.29, 1.82) is 0 Å². The Labute approximate surface area is 144 Å². The Morgan fingerprint density at radius 2 is 1.61 bits per heavy atom. The highest BCUT2D eigenvalue weighted by atomic mass is 16.5. The van der Waals surface area contributed by atoms with Crippen LogP contribution in [0.25, 0.3) is 0 Å². The SMILES string of the molecule is CC(C)CN(CC(=O)O[C@@H]1C[C@H](C)CC[C@H]1C(C)C)CC(C)C. The van der Waals surface area contributed by atoms with Gasteiger partial charge in [0.25, 0.3) is 0 Å². The third-order valence-electron chi connectivity index (χ3n) is 4.84. The summed E-state index contributed by atoms with van der Waals surface area (Å²) in [5, 5.41) is 0. The van der Waals surface area contributed by atoms with Crippen LogP contribution in [0, 0.1) is 29.6 Å². The Hall–Kier alpha value is -0.570. The minimum Gasteiger partial charge on any atom is -0.461 e. The van der Waals surface area contributed by atoms with Crippen LogP contribution in [0.3, 0.4) is 0 Å². The van der Waals surface area contributed by atoms with E-state index in [-0.39, 0.29) is 12.1 Å². The number of ether oxygens (including phenoxy) is 1. The molecular formula is C20H39NO2. The maximum atomic E-state index is 12.5. The van der Waals surface area contributed by atoms with Crippen LogP contribution < -0.4 is 0 Å². The van der Waals surface area contributed by atoms with Crippen LogP contribution in [0.1, 0.15) is 67.7 Å². The molecular weight excluding hydrogens is 286 g/mol. The lowest BCUT2D eigenvalue weighted by Crippen LogP contribution is -2.41. The van der Waals surface area contributed by atoms with Gasteiger partial charge in [0.05, 0.1) is 6.54 Å². The van der Waals surface area contributed by atoms with Gasteiger partial charge in [0.1, 0.15) is 6.10 Å². The predicted molar refractivity (Wildman–Crippen MR) is 97.3 cm³/mol. The van der Waals surface area contributed by atoms with Crippen molar-refractivity contribution in [2.45, 2.75) is 73.8 Å². The van der Waals surface area contributed by atoms with Crippen molar-refractivity contribution >= 4 is 5.97 Å². The zero-order valence-corrected chi connectivity index (χ0v) is 16.5. The first kappa shape index (κ1) is 20.5. The first-order valence-corrected chi connectivity index (χ1v) is 9.60. The molecule has 0 N–H and O–H groups in total. The first-order valence-electron chi connectivity index (χ1n) is 9.60.